The Hall–Kier alpha value is -2.58. The molecule has 1 saturated heterocycles. The zero-order chi connectivity index (χ0) is 18.5. The highest BCUT2D eigenvalue weighted by atomic mass is 16.7. The van der Waals surface area contributed by atoms with E-state index in [1.807, 2.05) is 18.2 Å². The number of carbonyl (C=O) groups is 1. The molecule has 144 valence electrons. The van der Waals surface area contributed by atoms with Crippen LogP contribution in [0.25, 0.3) is 11.3 Å². The van der Waals surface area contributed by atoms with Crippen molar-refractivity contribution in [2.24, 2.45) is 0 Å². The number of aromatic nitrogens is 1. The molecule has 1 fully saturated rings. The molecule has 4 rings (SSSR count). The first kappa shape index (κ1) is 17.8. The molecule has 0 spiro atoms. The maximum Gasteiger partial charge on any atom is 0.246 e. The Morgan fingerprint density at radius 2 is 2.04 bits per heavy atom. The summed E-state index contributed by atoms with van der Waals surface area (Å²) in [5.41, 5.74) is 1.48. The van der Waals surface area contributed by atoms with Crippen molar-refractivity contribution < 1.29 is 23.5 Å². The molecule has 2 aliphatic heterocycles. The van der Waals surface area contributed by atoms with E-state index < -0.39 is 0 Å². The van der Waals surface area contributed by atoms with Gasteiger partial charge >= 0.3 is 0 Å². The van der Waals surface area contributed by atoms with Crippen LogP contribution in [0.5, 0.6) is 11.5 Å². The van der Waals surface area contributed by atoms with Crippen LogP contribution < -0.4 is 14.8 Å². The summed E-state index contributed by atoms with van der Waals surface area (Å²) in [6, 6.07) is 7.36. The van der Waals surface area contributed by atoms with E-state index in [-0.39, 0.29) is 25.9 Å². The third-order valence-corrected chi connectivity index (χ3v) is 4.65. The molecule has 1 aromatic carbocycles. The number of amides is 1. The first-order valence-corrected chi connectivity index (χ1v) is 9.20. The van der Waals surface area contributed by atoms with E-state index in [1.54, 1.807) is 6.07 Å². The summed E-state index contributed by atoms with van der Waals surface area (Å²) in [5.74, 6) is 1.90. The molecule has 0 atom stereocenters. The number of fused-ring (bicyclic) bond motifs is 1. The molecular weight excluding hydrogens is 350 g/mol. The number of hydrogen-bond acceptors (Lipinski definition) is 7. The smallest absolute Gasteiger partial charge is 0.246 e. The van der Waals surface area contributed by atoms with Crippen molar-refractivity contribution in [1.82, 2.24) is 15.4 Å². The molecule has 2 aliphatic rings. The zero-order valence-corrected chi connectivity index (χ0v) is 15.1. The molecule has 8 heteroatoms. The minimum atomic E-state index is -0.117. The number of ether oxygens (including phenoxy) is 3. The van der Waals surface area contributed by atoms with E-state index in [1.165, 1.54) is 12.8 Å². The Kier molecular flexibility index (Phi) is 5.55. The molecule has 3 heterocycles. The minimum absolute atomic E-state index is 0.00617. The van der Waals surface area contributed by atoms with Crippen molar-refractivity contribution in [3.8, 4) is 22.8 Å². The standard InChI is InChI=1S/C19H23N3O5/c23-19(20-5-8-22-6-1-2-7-22)12-24-11-15-10-17(27-21-15)14-3-4-16-18(9-14)26-13-25-16/h3-4,9-10H,1-2,5-8,11-13H2,(H,20,23). The van der Waals surface area contributed by atoms with Crippen LogP contribution in [0, 0.1) is 0 Å². The average Bonchev–Trinajstić information content (AvgIpc) is 3.42. The Morgan fingerprint density at radius 3 is 2.93 bits per heavy atom. The van der Waals surface area contributed by atoms with E-state index in [9.17, 15) is 4.79 Å². The number of carbonyl (C=O) groups excluding carboxylic acids is 1. The van der Waals surface area contributed by atoms with Gasteiger partial charge in [-0.25, -0.2) is 0 Å². The van der Waals surface area contributed by atoms with Crippen molar-refractivity contribution in [3.63, 3.8) is 0 Å². The Balaban J connectivity index is 1.20. The predicted molar refractivity (Wildman–Crippen MR) is 96.4 cm³/mol. The predicted octanol–water partition coefficient (Wildman–Crippen LogP) is 1.80. The molecule has 2 aromatic rings. The topological polar surface area (TPSA) is 86.1 Å². The van der Waals surface area contributed by atoms with E-state index in [2.05, 4.69) is 15.4 Å². The molecular formula is C19H23N3O5. The van der Waals surface area contributed by atoms with Crippen molar-refractivity contribution in [2.45, 2.75) is 19.4 Å². The SMILES string of the molecule is O=C(COCc1cc(-c2ccc3c(c2)OCO3)on1)NCCN1CCCC1. The second kappa shape index (κ2) is 8.41. The second-order valence-corrected chi connectivity index (χ2v) is 6.64. The highest BCUT2D eigenvalue weighted by Gasteiger charge is 2.16. The van der Waals surface area contributed by atoms with Crippen molar-refractivity contribution >= 4 is 5.91 Å². The van der Waals surface area contributed by atoms with Gasteiger partial charge in [-0.3, -0.25) is 4.79 Å². The quantitative estimate of drug-likeness (QED) is 0.755. The van der Waals surface area contributed by atoms with Gasteiger partial charge in [0.15, 0.2) is 17.3 Å². The monoisotopic (exact) mass is 373 g/mol. The van der Waals surface area contributed by atoms with Gasteiger partial charge < -0.3 is 29.0 Å². The molecule has 27 heavy (non-hydrogen) atoms. The Morgan fingerprint density at radius 1 is 1.19 bits per heavy atom. The van der Waals surface area contributed by atoms with Gasteiger partial charge in [-0.1, -0.05) is 5.16 Å². The van der Waals surface area contributed by atoms with Crippen LogP contribution in [0.15, 0.2) is 28.8 Å². The van der Waals surface area contributed by atoms with E-state index >= 15 is 0 Å². The number of hydrogen-bond donors (Lipinski definition) is 1. The summed E-state index contributed by atoms with van der Waals surface area (Å²) in [6.45, 7) is 4.26. The summed E-state index contributed by atoms with van der Waals surface area (Å²) in [4.78, 5) is 14.2. The summed E-state index contributed by atoms with van der Waals surface area (Å²) < 4.78 is 21.5. The molecule has 1 aromatic heterocycles. The second-order valence-electron chi connectivity index (χ2n) is 6.64. The van der Waals surface area contributed by atoms with Crippen LogP contribution in [0.4, 0.5) is 0 Å². The van der Waals surface area contributed by atoms with Crippen LogP contribution in [-0.4, -0.2) is 55.5 Å². The molecule has 0 aliphatic carbocycles. The van der Waals surface area contributed by atoms with Crippen molar-refractivity contribution in [2.75, 3.05) is 39.6 Å². The largest absolute Gasteiger partial charge is 0.454 e. The van der Waals surface area contributed by atoms with E-state index in [4.69, 9.17) is 18.7 Å². The van der Waals surface area contributed by atoms with Crippen molar-refractivity contribution in [3.05, 3.63) is 30.0 Å². The lowest BCUT2D eigenvalue weighted by Crippen LogP contribution is -2.35. The van der Waals surface area contributed by atoms with Gasteiger partial charge in [0.2, 0.25) is 12.7 Å². The number of likely N-dealkylation sites (tertiary alicyclic amines) is 1. The fraction of sp³-hybridized carbons (Fsp3) is 0.474. The third kappa shape index (κ3) is 4.58. The molecule has 0 bridgehead atoms. The van der Waals surface area contributed by atoms with Crippen LogP contribution in [0.3, 0.4) is 0 Å². The van der Waals surface area contributed by atoms with Crippen LogP contribution in [0.1, 0.15) is 18.5 Å². The van der Waals surface area contributed by atoms with Gasteiger partial charge in [0.25, 0.3) is 0 Å². The lowest BCUT2D eigenvalue weighted by molar-refractivity contribution is -0.126. The Bertz CT molecular complexity index is 785. The fourth-order valence-corrected chi connectivity index (χ4v) is 3.22. The van der Waals surface area contributed by atoms with Gasteiger partial charge in [-0.2, -0.15) is 0 Å². The zero-order valence-electron chi connectivity index (χ0n) is 15.1. The summed E-state index contributed by atoms with van der Waals surface area (Å²) in [5, 5.41) is 6.86. The van der Waals surface area contributed by atoms with Crippen LogP contribution in [-0.2, 0) is 16.1 Å². The number of nitrogens with zero attached hydrogens (tertiary/aromatic N) is 2. The normalized spacial score (nSPS) is 16.0. The van der Waals surface area contributed by atoms with Crippen LogP contribution >= 0.6 is 0 Å². The summed E-state index contributed by atoms with van der Waals surface area (Å²) >= 11 is 0. The maximum absolute atomic E-state index is 11.8. The average molecular weight is 373 g/mol. The molecule has 0 saturated carbocycles. The van der Waals surface area contributed by atoms with Crippen molar-refractivity contribution in [1.29, 1.82) is 0 Å². The summed E-state index contributed by atoms with van der Waals surface area (Å²) in [6.07, 6.45) is 2.51. The first-order chi connectivity index (χ1) is 13.3. The van der Waals surface area contributed by atoms with Gasteiger partial charge in [-0.15, -0.1) is 0 Å². The molecule has 0 unspecified atom stereocenters. The van der Waals surface area contributed by atoms with E-state index in [0.717, 1.165) is 30.9 Å². The van der Waals surface area contributed by atoms with Gasteiger partial charge in [0, 0.05) is 24.7 Å². The first-order valence-electron chi connectivity index (χ1n) is 9.20. The van der Waals surface area contributed by atoms with E-state index in [0.29, 0.717) is 23.7 Å². The fourth-order valence-electron chi connectivity index (χ4n) is 3.22. The lowest BCUT2D eigenvalue weighted by Gasteiger charge is -2.14. The lowest BCUT2D eigenvalue weighted by atomic mass is 10.1. The highest BCUT2D eigenvalue weighted by molar-refractivity contribution is 5.77. The van der Waals surface area contributed by atoms with Gasteiger partial charge in [-0.05, 0) is 44.1 Å². The van der Waals surface area contributed by atoms with Crippen LogP contribution in [0.2, 0.25) is 0 Å². The summed E-state index contributed by atoms with van der Waals surface area (Å²) in [7, 11) is 0. The van der Waals surface area contributed by atoms with Gasteiger partial charge in [0.05, 0.1) is 6.61 Å². The number of rotatable bonds is 8. The number of nitrogens with one attached hydrogen (secondary N) is 1. The minimum Gasteiger partial charge on any atom is -0.454 e. The molecule has 0 radical (unpaired) electrons. The maximum atomic E-state index is 11.8. The Labute approximate surface area is 157 Å². The molecule has 8 nitrogen and oxygen atoms in total. The molecule has 1 N–H and O–H groups in total. The highest BCUT2D eigenvalue weighted by Crippen LogP contribution is 2.36. The third-order valence-electron chi connectivity index (χ3n) is 4.65. The molecule has 1 amide bonds. The van der Waals surface area contributed by atoms with Gasteiger partial charge in [0.1, 0.15) is 12.3 Å². The number of benzene rings is 1.